The SMILES string of the molecule is O=C(Nc1ccc(S(=O)(=O)Nc2cccc(Cl)c2)cc1)/C(=C/c1ccccc1)c1ccccc1. The summed E-state index contributed by atoms with van der Waals surface area (Å²) in [6.45, 7) is 0. The van der Waals surface area contributed by atoms with Gasteiger partial charge in [0, 0.05) is 16.3 Å². The first-order chi connectivity index (χ1) is 16.4. The molecular weight excluding hydrogens is 468 g/mol. The second-order valence-electron chi connectivity index (χ2n) is 7.43. The third-order valence-corrected chi connectivity index (χ3v) is 6.57. The molecule has 5 nitrogen and oxygen atoms in total. The Bertz CT molecular complexity index is 1420. The van der Waals surface area contributed by atoms with Crippen LogP contribution in [0.4, 0.5) is 11.4 Å². The van der Waals surface area contributed by atoms with Crippen LogP contribution < -0.4 is 10.0 Å². The molecule has 4 aromatic rings. The maximum Gasteiger partial charge on any atom is 0.261 e. The number of benzene rings is 4. The predicted molar refractivity (Wildman–Crippen MR) is 138 cm³/mol. The number of carbonyl (C=O) groups is 1. The van der Waals surface area contributed by atoms with Gasteiger partial charge in [-0.05, 0) is 59.7 Å². The number of hydrogen-bond donors (Lipinski definition) is 2. The van der Waals surface area contributed by atoms with E-state index < -0.39 is 10.0 Å². The van der Waals surface area contributed by atoms with Gasteiger partial charge in [-0.25, -0.2) is 8.42 Å². The lowest BCUT2D eigenvalue weighted by Crippen LogP contribution is -2.15. The molecule has 0 heterocycles. The number of anilines is 2. The van der Waals surface area contributed by atoms with Crippen molar-refractivity contribution in [1.82, 2.24) is 0 Å². The molecule has 0 aliphatic rings. The summed E-state index contributed by atoms with van der Waals surface area (Å²) in [6.07, 6.45) is 1.82. The third-order valence-electron chi connectivity index (χ3n) is 4.94. The average molecular weight is 489 g/mol. The fourth-order valence-electron chi connectivity index (χ4n) is 3.30. The van der Waals surface area contributed by atoms with Gasteiger partial charge in [-0.2, -0.15) is 0 Å². The highest BCUT2D eigenvalue weighted by Gasteiger charge is 2.16. The highest BCUT2D eigenvalue weighted by atomic mass is 35.5. The normalized spacial score (nSPS) is 11.6. The van der Waals surface area contributed by atoms with Gasteiger partial charge >= 0.3 is 0 Å². The van der Waals surface area contributed by atoms with Gasteiger partial charge < -0.3 is 5.32 Å². The van der Waals surface area contributed by atoms with Crippen molar-refractivity contribution in [2.75, 3.05) is 10.0 Å². The van der Waals surface area contributed by atoms with Gasteiger partial charge in [-0.15, -0.1) is 0 Å². The van der Waals surface area contributed by atoms with Crippen LogP contribution in [-0.2, 0) is 14.8 Å². The van der Waals surface area contributed by atoms with E-state index in [9.17, 15) is 13.2 Å². The van der Waals surface area contributed by atoms with E-state index in [0.717, 1.165) is 11.1 Å². The Morgan fingerprint density at radius 2 is 1.38 bits per heavy atom. The molecule has 0 aliphatic heterocycles. The Morgan fingerprint density at radius 1 is 0.735 bits per heavy atom. The molecule has 4 aromatic carbocycles. The van der Waals surface area contributed by atoms with E-state index in [-0.39, 0.29) is 10.8 Å². The van der Waals surface area contributed by atoms with Crippen molar-refractivity contribution in [1.29, 1.82) is 0 Å². The van der Waals surface area contributed by atoms with Gasteiger partial charge in [0.2, 0.25) is 0 Å². The Kier molecular flexibility index (Phi) is 7.11. The Labute approximate surface area is 203 Å². The monoisotopic (exact) mass is 488 g/mol. The molecule has 0 bridgehead atoms. The van der Waals surface area contributed by atoms with Crippen molar-refractivity contribution in [3.05, 3.63) is 125 Å². The third kappa shape index (κ3) is 5.92. The summed E-state index contributed by atoms with van der Waals surface area (Å²) in [7, 11) is -3.81. The largest absolute Gasteiger partial charge is 0.322 e. The Hall–Kier alpha value is -3.87. The molecule has 0 unspecified atom stereocenters. The summed E-state index contributed by atoms with van der Waals surface area (Å²) in [5.41, 5.74) is 3.00. The van der Waals surface area contributed by atoms with Crippen molar-refractivity contribution in [2.24, 2.45) is 0 Å². The summed E-state index contributed by atoms with van der Waals surface area (Å²) >= 11 is 5.93. The van der Waals surface area contributed by atoms with Gasteiger partial charge in [0.1, 0.15) is 0 Å². The number of halogens is 1. The fourth-order valence-corrected chi connectivity index (χ4v) is 4.54. The molecule has 0 radical (unpaired) electrons. The summed E-state index contributed by atoms with van der Waals surface area (Å²) in [4.78, 5) is 13.2. The molecule has 0 fully saturated rings. The summed E-state index contributed by atoms with van der Waals surface area (Å²) in [5.74, 6) is -0.303. The lowest BCUT2D eigenvalue weighted by atomic mass is 10.0. The molecule has 0 saturated carbocycles. The van der Waals surface area contributed by atoms with Crippen LogP contribution in [0, 0.1) is 0 Å². The van der Waals surface area contributed by atoms with E-state index in [4.69, 9.17) is 11.6 Å². The van der Waals surface area contributed by atoms with E-state index in [2.05, 4.69) is 10.0 Å². The number of hydrogen-bond acceptors (Lipinski definition) is 3. The topological polar surface area (TPSA) is 75.3 Å². The lowest BCUT2D eigenvalue weighted by molar-refractivity contribution is -0.111. The maximum absolute atomic E-state index is 13.1. The minimum Gasteiger partial charge on any atom is -0.322 e. The smallest absolute Gasteiger partial charge is 0.261 e. The van der Waals surface area contributed by atoms with Gasteiger partial charge in [0.25, 0.3) is 15.9 Å². The van der Waals surface area contributed by atoms with E-state index in [1.165, 1.54) is 18.2 Å². The minimum absolute atomic E-state index is 0.0635. The molecule has 34 heavy (non-hydrogen) atoms. The summed E-state index contributed by atoms with van der Waals surface area (Å²) in [6, 6.07) is 31.4. The Balaban J connectivity index is 1.54. The zero-order valence-electron chi connectivity index (χ0n) is 18.0. The van der Waals surface area contributed by atoms with Crippen molar-refractivity contribution in [2.45, 2.75) is 4.90 Å². The quantitative estimate of drug-likeness (QED) is 0.236. The standard InChI is InChI=1S/C27H21ClN2O3S/c28-22-12-7-13-24(19-22)30-34(32,33)25-16-14-23(15-17-25)29-27(31)26(21-10-5-2-6-11-21)18-20-8-3-1-4-9-20/h1-19,30H,(H,29,31)/b26-18+. The van der Waals surface area contributed by atoms with E-state index in [1.807, 2.05) is 66.7 Å². The summed E-state index contributed by atoms with van der Waals surface area (Å²) in [5, 5.41) is 3.28. The molecule has 0 spiro atoms. The average Bonchev–Trinajstić information content (AvgIpc) is 2.84. The van der Waals surface area contributed by atoms with Crippen LogP contribution in [0.2, 0.25) is 5.02 Å². The first-order valence-electron chi connectivity index (χ1n) is 10.4. The first-order valence-corrected chi connectivity index (χ1v) is 12.3. The van der Waals surface area contributed by atoms with Crippen molar-refractivity contribution >= 4 is 50.6 Å². The van der Waals surface area contributed by atoms with Gasteiger partial charge in [0.15, 0.2) is 0 Å². The number of carbonyl (C=O) groups excluding carboxylic acids is 1. The molecule has 0 aliphatic carbocycles. The minimum atomic E-state index is -3.81. The maximum atomic E-state index is 13.1. The van der Waals surface area contributed by atoms with Crippen LogP contribution in [0.5, 0.6) is 0 Å². The molecule has 0 atom stereocenters. The highest BCUT2D eigenvalue weighted by Crippen LogP contribution is 2.23. The fraction of sp³-hybridized carbons (Fsp3) is 0. The van der Waals surface area contributed by atoms with Crippen molar-refractivity contribution in [3.8, 4) is 0 Å². The molecule has 4 rings (SSSR count). The van der Waals surface area contributed by atoms with Crippen LogP contribution in [0.1, 0.15) is 11.1 Å². The van der Waals surface area contributed by atoms with E-state index in [1.54, 1.807) is 30.3 Å². The first kappa shape index (κ1) is 23.3. The van der Waals surface area contributed by atoms with Gasteiger partial charge in [-0.3, -0.25) is 9.52 Å². The molecule has 7 heteroatoms. The van der Waals surface area contributed by atoms with Crippen LogP contribution in [0.3, 0.4) is 0 Å². The molecular formula is C27H21ClN2O3S. The van der Waals surface area contributed by atoms with Crippen molar-refractivity contribution < 1.29 is 13.2 Å². The van der Waals surface area contributed by atoms with Crippen LogP contribution in [0.25, 0.3) is 11.6 Å². The zero-order valence-corrected chi connectivity index (χ0v) is 19.6. The zero-order chi connectivity index (χ0) is 24.0. The lowest BCUT2D eigenvalue weighted by Gasteiger charge is -2.12. The predicted octanol–water partition coefficient (Wildman–Crippen LogP) is 6.32. The molecule has 170 valence electrons. The van der Waals surface area contributed by atoms with E-state index >= 15 is 0 Å². The molecule has 0 saturated heterocycles. The van der Waals surface area contributed by atoms with Crippen LogP contribution in [0.15, 0.2) is 114 Å². The molecule has 0 aromatic heterocycles. The van der Waals surface area contributed by atoms with Crippen LogP contribution >= 0.6 is 11.6 Å². The van der Waals surface area contributed by atoms with Crippen LogP contribution in [-0.4, -0.2) is 14.3 Å². The van der Waals surface area contributed by atoms with Gasteiger partial charge in [-0.1, -0.05) is 78.3 Å². The second-order valence-corrected chi connectivity index (χ2v) is 9.55. The number of amides is 1. The number of sulfonamides is 1. The highest BCUT2D eigenvalue weighted by molar-refractivity contribution is 7.92. The summed E-state index contributed by atoms with van der Waals surface area (Å²) < 4.78 is 27.9. The second kappa shape index (κ2) is 10.4. The Morgan fingerprint density at radius 3 is 2.03 bits per heavy atom. The molecule has 1 amide bonds. The van der Waals surface area contributed by atoms with E-state index in [0.29, 0.717) is 22.0 Å². The number of rotatable bonds is 7. The van der Waals surface area contributed by atoms with Crippen molar-refractivity contribution in [3.63, 3.8) is 0 Å². The number of nitrogens with one attached hydrogen (secondary N) is 2. The molecule has 2 N–H and O–H groups in total. The van der Waals surface area contributed by atoms with Gasteiger partial charge in [0.05, 0.1) is 10.6 Å².